The van der Waals surface area contributed by atoms with Gasteiger partial charge in [0, 0.05) is 12.3 Å². The molecule has 0 spiro atoms. The van der Waals surface area contributed by atoms with Crippen LogP contribution >= 0.6 is 0 Å². The number of carbonyl (C=O) groups excluding carboxylic acids is 1. The Morgan fingerprint density at radius 3 is 2.65 bits per heavy atom. The molecule has 1 saturated heterocycles. The smallest absolute Gasteiger partial charge is 0.141 e. The third kappa shape index (κ3) is 2.14. The van der Waals surface area contributed by atoms with Gasteiger partial charge in [0.2, 0.25) is 0 Å². The quantitative estimate of drug-likeness (QED) is 0.740. The van der Waals surface area contributed by atoms with Gasteiger partial charge >= 0.3 is 0 Å². The molecule has 1 aromatic rings. The van der Waals surface area contributed by atoms with Crippen LogP contribution in [0, 0.1) is 5.92 Å². The van der Waals surface area contributed by atoms with Crippen LogP contribution in [0.5, 0.6) is 0 Å². The van der Waals surface area contributed by atoms with E-state index in [1.54, 1.807) is 0 Å². The van der Waals surface area contributed by atoms with Gasteiger partial charge in [-0.2, -0.15) is 0 Å². The highest BCUT2D eigenvalue weighted by Crippen LogP contribution is 2.38. The minimum absolute atomic E-state index is 0.0111. The Balaban J connectivity index is 1.79. The summed E-state index contributed by atoms with van der Waals surface area (Å²) in [7, 11) is 0. The minimum Gasteiger partial charge on any atom is -0.369 e. The number of benzene rings is 1. The van der Waals surface area contributed by atoms with Gasteiger partial charge in [-0.25, -0.2) is 0 Å². The lowest BCUT2D eigenvalue weighted by atomic mass is 9.79. The van der Waals surface area contributed by atoms with Crippen molar-refractivity contribution in [1.82, 2.24) is 0 Å². The molecule has 2 heteroatoms. The Labute approximate surface area is 102 Å². The Morgan fingerprint density at radius 2 is 1.82 bits per heavy atom. The Morgan fingerprint density at radius 1 is 1.06 bits per heavy atom. The first-order valence-electron chi connectivity index (χ1n) is 6.58. The number of carbonyl (C=O) groups is 1. The molecule has 1 saturated carbocycles. The van der Waals surface area contributed by atoms with Crippen LogP contribution in [-0.4, -0.2) is 11.9 Å². The molecule has 2 nitrogen and oxygen atoms in total. The van der Waals surface area contributed by atoms with Gasteiger partial charge in [0.15, 0.2) is 0 Å². The van der Waals surface area contributed by atoms with Crippen LogP contribution in [0.15, 0.2) is 30.3 Å². The van der Waals surface area contributed by atoms with Crippen molar-refractivity contribution in [2.75, 3.05) is 0 Å². The van der Waals surface area contributed by atoms with E-state index >= 15 is 0 Å². The van der Waals surface area contributed by atoms with E-state index in [9.17, 15) is 4.79 Å². The van der Waals surface area contributed by atoms with Crippen molar-refractivity contribution in [3.8, 4) is 0 Å². The predicted octanol–water partition coefficient (Wildman–Crippen LogP) is 3.28. The highest BCUT2D eigenvalue weighted by Gasteiger charge is 2.39. The highest BCUT2D eigenvalue weighted by molar-refractivity contribution is 5.83. The van der Waals surface area contributed by atoms with Crippen molar-refractivity contribution >= 4 is 5.78 Å². The number of rotatable bonds is 1. The molecule has 0 N–H and O–H groups in total. The SMILES string of the molecule is O=C1CC(c2ccccc2)OC2CCCCC12. The van der Waals surface area contributed by atoms with Crippen molar-refractivity contribution in [1.29, 1.82) is 0 Å². The van der Waals surface area contributed by atoms with Crippen LogP contribution in [0.1, 0.15) is 43.8 Å². The number of hydrogen-bond donors (Lipinski definition) is 0. The Hall–Kier alpha value is -1.15. The normalized spacial score (nSPS) is 33.2. The van der Waals surface area contributed by atoms with Crippen LogP contribution in [0.4, 0.5) is 0 Å². The van der Waals surface area contributed by atoms with Crippen molar-refractivity contribution < 1.29 is 9.53 Å². The number of hydrogen-bond acceptors (Lipinski definition) is 2. The summed E-state index contributed by atoms with van der Waals surface area (Å²) in [6.45, 7) is 0. The van der Waals surface area contributed by atoms with Crippen molar-refractivity contribution in [3.63, 3.8) is 0 Å². The second-order valence-electron chi connectivity index (χ2n) is 5.14. The molecule has 3 unspecified atom stereocenters. The maximum atomic E-state index is 12.1. The molecule has 1 heterocycles. The van der Waals surface area contributed by atoms with E-state index < -0.39 is 0 Å². The summed E-state index contributed by atoms with van der Waals surface area (Å²) in [5.41, 5.74) is 1.14. The lowest BCUT2D eigenvalue weighted by Crippen LogP contribution is -2.40. The van der Waals surface area contributed by atoms with E-state index in [1.807, 2.05) is 18.2 Å². The van der Waals surface area contributed by atoms with Gasteiger partial charge < -0.3 is 4.74 Å². The molecule has 1 aliphatic heterocycles. The first-order chi connectivity index (χ1) is 8.34. The van der Waals surface area contributed by atoms with Gasteiger partial charge in [-0.3, -0.25) is 4.79 Å². The molecule has 0 radical (unpaired) electrons. The van der Waals surface area contributed by atoms with Crippen LogP contribution in [0.3, 0.4) is 0 Å². The monoisotopic (exact) mass is 230 g/mol. The average molecular weight is 230 g/mol. The molecule has 2 aliphatic rings. The fraction of sp³-hybridized carbons (Fsp3) is 0.533. The third-order valence-corrected chi connectivity index (χ3v) is 4.01. The molecule has 1 aromatic carbocycles. The zero-order valence-electron chi connectivity index (χ0n) is 9.97. The highest BCUT2D eigenvalue weighted by atomic mass is 16.5. The molecule has 17 heavy (non-hydrogen) atoms. The van der Waals surface area contributed by atoms with Gasteiger partial charge in [-0.1, -0.05) is 43.2 Å². The molecule has 1 aliphatic carbocycles. The first kappa shape index (κ1) is 11.0. The summed E-state index contributed by atoms with van der Waals surface area (Å²) in [6.07, 6.45) is 5.20. The van der Waals surface area contributed by atoms with E-state index in [0.717, 1.165) is 18.4 Å². The van der Waals surface area contributed by atoms with E-state index in [2.05, 4.69) is 12.1 Å². The maximum absolute atomic E-state index is 12.1. The summed E-state index contributed by atoms with van der Waals surface area (Å²) in [4.78, 5) is 12.1. The number of ether oxygens (including phenoxy) is 1. The lowest BCUT2D eigenvalue weighted by Gasteiger charge is -2.38. The molecular formula is C15H18O2. The second kappa shape index (κ2) is 4.61. The van der Waals surface area contributed by atoms with Gasteiger partial charge in [0.25, 0.3) is 0 Å². The van der Waals surface area contributed by atoms with Crippen molar-refractivity contribution in [2.45, 2.75) is 44.3 Å². The van der Waals surface area contributed by atoms with Crippen molar-refractivity contribution in [3.05, 3.63) is 35.9 Å². The fourth-order valence-corrected chi connectivity index (χ4v) is 3.09. The molecule has 0 bridgehead atoms. The molecule has 0 amide bonds. The van der Waals surface area contributed by atoms with Gasteiger partial charge in [0.1, 0.15) is 5.78 Å². The Bertz CT molecular complexity index is 399. The number of fused-ring (bicyclic) bond motifs is 1. The molecule has 3 rings (SSSR count). The molecule has 90 valence electrons. The predicted molar refractivity (Wildman–Crippen MR) is 65.6 cm³/mol. The standard InChI is InChI=1S/C15H18O2/c16-13-10-15(11-6-2-1-3-7-11)17-14-9-5-4-8-12(13)14/h1-3,6-7,12,14-15H,4-5,8-10H2. The van der Waals surface area contributed by atoms with Crippen LogP contribution in [0.2, 0.25) is 0 Å². The molecular weight excluding hydrogens is 212 g/mol. The summed E-state index contributed by atoms with van der Waals surface area (Å²) in [5.74, 6) is 0.596. The summed E-state index contributed by atoms with van der Waals surface area (Å²) >= 11 is 0. The minimum atomic E-state index is -0.0111. The fourth-order valence-electron chi connectivity index (χ4n) is 3.09. The first-order valence-corrected chi connectivity index (χ1v) is 6.58. The van der Waals surface area contributed by atoms with E-state index in [1.165, 1.54) is 12.8 Å². The van der Waals surface area contributed by atoms with Crippen LogP contribution < -0.4 is 0 Å². The molecule has 2 fully saturated rings. The van der Waals surface area contributed by atoms with Gasteiger partial charge in [-0.05, 0) is 18.4 Å². The van der Waals surface area contributed by atoms with E-state index in [-0.39, 0.29) is 18.1 Å². The number of ketones is 1. The van der Waals surface area contributed by atoms with Crippen LogP contribution in [-0.2, 0) is 9.53 Å². The lowest BCUT2D eigenvalue weighted by molar-refractivity contribution is -0.151. The maximum Gasteiger partial charge on any atom is 0.141 e. The molecule has 0 aromatic heterocycles. The second-order valence-corrected chi connectivity index (χ2v) is 5.14. The van der Waals surface area contributed by atoms with Gasteiger partial charge in [-0.15, -0.1) is 0 Å². The summed E-state index contributed by atoms with van der Waals surface area (Å²) in [5, 5.41) is 0. The summed E-state index contributed by atoms with van der Waals surface area (Å²) < 4.78 is 6.13. The largest absolute Gasteiger partial charge is 0.369 e. The Kier molecular flexibility index (Phi) is 2.98. The van der Waals surface area contributed by atoms with E-state index in [0.29, 0.717) is 12.2 Å². The third-order valence-electron chi connectivity index (χ3n) is 4.01. The van der Waals surface area contributed by atoms with Crippen LogP contribution in [0.25, 0.3) is 0 Å². The average Bonchev–Trinajstić information content (AvgIpc) is 2.40. The van der Waals surface area contributed by atoms with Crippen molar-refractivity contribution in [2.24, 2.45) is 5.92 Å². The zero-order chi connectivity index (χ0) is 11.7. The molecule has 3 atom stereocenters. The topological polar surface area (TPSA) is 26.3 Å². The summed E-state index contributed by atoms with van der Waals surface area (Å²) in [6, 6.07) is 10.1. The van der Waals surface area contributed by atoms with Gasteiger partial charge in [0.05, 0.1) is 12.2 Å². The van der Waals surface area contributed by atoms with E-state index in [4.69, 9.17) is 4.74 Å². The zero-order valence-corrected chi connectivity index (χ0v) is 9.97. The number of Topliss-reactive ketones (excluding diaryl/α,β-unsaturated/α-hetero) is 1.